The molecule has 1 aromatic carbocycles. The van der Waals surface area contributed by atoms with Crippen molar-refractivity contribution in [2.75, 3.05) is 11.9 Å². The number of anilines is 1. The van der Waals surface area contributed by atoms with E-state index in [4.69, 9.17) is 0 Å². The van der Waals surface area contributed by atoms with E-state index in [-0.39, 0.29) is 18.3 Å². The number of fused-ring (bicyclic) bond motifs is 1. The Bertz CT molecular complexity index is 471. The van der Waals surface area contributed by atoms with Gasteiger partial charge in [0.1, 0.15) is 0 Å². The minimum absolute atomic E-state index is 0. The molecule has 1 atom stereocenters. The van der Waals surface area contributed by atoms with Crippen molar-refractivity contribution in [3.63, 3.8) is 0 Å². The number of carbonyl (C=O) groups excluding carboxylic acids is 1. The van der Waals surface area contributed by atoms with Crippen molar-refractivity contribution in [2.24, 2.45) is 5.92 Å². The molecule has 1 aromatic rings. The summed E-state index contributed by atoms with van der Waals surface area (Å²) in [7, 11) is 0. The molecule has 1 unspecified atom stereocenters. The monoisotopic (exact) mass is 280 g/mol. The summed E-state index contributed by atoms with van der Waals surface area (Å²) < 4.78 is 0. The standard InChI is InChI=1S/C15H20N2O.ClH/c1-10(11-7-8-11)17-15(18)13-4-2-6-14-12(13)5-3-9-16-14;/h2,4,6,10-11,16H,3,5,7-9H2,1H3,(H,17,18);1H. The zero-order valence-electron chi connectivity index (χ0n) is 11.2. The Kier molecular flexibility index (Phi) is 4.35. The molecule has 104 valence electrons. The molecule has 0 bridgehead atoms. The molecular weight excluding hydrogens is 260 g/mol. The van der Waals surface area contributed by atoms with E-state index >= 15 is 0 Å². The molecule has 19 heavy (non-hydrogen) atoms. The van der Waals surface area contributed by atoms with Gasteiger partial charge in [-0.05, 0) is 56.2 Å². The maximum absolute atomic E-state index is 12.3. The lowest BCUT2D eigenvalue weighted by Crippen LogP contribution is -2.35. The molecule has 2 N–H and O–H groups in total. The summed E-state index contributed by atoms with van der Waals surface area (Å²) in [5, 5.41) is 6.51. The summed E-state index contributed by atoms with van der Waals surface area (Å²) >= 11 is 0. The quantitative estimate of drug-likeness (QED) is 0.894. The average molecular weight is 281 g/mol. The van der Waals surface area contributed by atoms with Crippen molar-refractivity contribution in [1.82, 2.24) is 5.32 Å². The van der Waals surface area contributed by atoms with E-state index in [0.717, 1.165) is 30.6 Å². The van der Waals surface area contributed by atoms with Gasteiger partial charge in [0.2, 0.25) is 0 Å². The van der Waals surface area contributed by atoms with E-state index in [9.17, 15) is 4.79 Å². The highest BCUT2D eigenvalue weighted by molar-refractivity contribution is 5.97. The van der Waals surface area contributed by atoms with Gasteiger partial charge in [-0.15, -0.1) is 12.4 Å². The van der Waals surface area contributed by atoms with Crippen LogP contribution in [0.5, 0.6) is 0 Å². The molecule has 0 aromatic heterocycles. The lowest BCUT2D eigenvalue weighted by Gasteiger charge is -2.21. The van der Waals surface area contributed by atoms with Crippen LogP contribution >= 0.6 is 12.4 Å². The molecule has 1 aliphatic heterocycles. The molecule has 1 fully saturated rings. The highest BCUT2D eigenvalue weighted by Gasteiger charge is 2.29. The zero-order valence-corrected chi connectivity index (χ0v) is 12.1. The van der Waals surface area contributed by atoms with Crippen LogP contribution in [-0.4, -0.2) is 18.5 Å². The fourth-order valence-corrected chi connectivity index (χ4v) is 2.72. The van der Waals surface area contributed by atoms with E-state index in [1.807, 2.05) is 12.1 Å². The van der Waals surface area contributed by atoms with Gasteiger partial charge in [-0.3, -0.25) is 4.79 Å². The fourth-order valence-electron chi connectivity index (χ4n) is 2.72. The summed E-state index contributed by atoms with van der Waals surface area (Å²) in [4.78, 5) is 12.3. The van der Waals surface area contributed by atoms with E-state index in [2.05, 4.69) is 23.6 Å². The summed E-state index contributed by atoms with van der Waals surface area (Å²) in [5.74, 6) is 0.793. The Morgan fingerprint density at radius 2 is 2.21 bits per heavy atom. The van der Waals surface area contributed by atoms with Crippen LogP contribution in [0.15, 0.2) is 18.2 Å². The molecule has 2 aliphatic rings. The number of amides is 1. The second kappa shape index (κ2) is 5.83. The van der Waals surface area contributed by atoms with Crippen LogP contribution in [-0.2, 0) is 6.42 Å². The third kappa shape index (κ3) is 3.03. The summed E-state index contributed by atoms with van der Waals surface area (Å²) in [5.41, 5.74) is 3.17. The van der Waals surface area contributed by atoms with Gasteiger partial charge in [0.05, 0.1) is 0 Å². The molecule has 0 spiro atoms. The Labute approximate surface area is 120 Å². The molecule has 0 radical (unpaired) electrons. The number of hydrogen-bond donors (Lipinski definition) is 2. The predicted octanol–water partition coefficient (Wildman–Crippen LogP) is 2.99. The van der Waals surface area contributed by atoms with E-state index < -0.39 is 0 Å². The van der Waals surface area contributed by atoms with Crippen molar-refractivity contribution in [1.29, 1.82) is 0 Å². The molecule has 4 heteroatoms. The first-order valence-electron chi connectivity index (χ1n) is 6.92. The molecule has 1 saturated carbocycles. The van der Waals surface area contributed by atoms with Crippen molar-refractivity contribution in [3.05, 3.63) is 29.3 Å². The average Bonchev–Trinajstić information content (AvgIpc) is 3.22. The first kappa shape index (κ1) is 14.2. The van der Waals surface area contributed by atoms with Gasteiger partial charge < -0.3 is 10.6 Å². The summed E-state index contributed by atoms with van der Waals surface area (Å²) in [6, 6.07) is 6.29. The SMILES string of the molecule is CC(NC(=O)c1cccc2c1CCCN2)C1CC1.Cl. The Balaban J connectivity index is 0.00000133. The van der Waals surface area contributed by atoms with Crippen LogP contribution in [0.1, 0.15) is 42.1 Å². The molecule has 1 amide bonds. The molecule has 0 saturated heterocycles. The van der Waals surface area contributed by atoms with Gasteiger partial charge in [-0.1, -0.05) is 6.07 Å². The molecule has 3 rings (SSSR count). The van der Waals surface area contributed by atoms with Crippen molar-refractivity contribution < 1.29 is 4.79 Å². The molecular formula is C15H21ClN2O. The third-order valence-electron chi connectivity index (χ3n) is 4.03. The van der Waals surface area contributed by atoms with Crippen LogP contribution in [0, 0.1) is 5.92 Å². The smallest absolute Gasteiger partial charge is 0.251 e. The maximum atomic E-state index is 12.3. The van der Waals surface area contributed by atoms with Crippen LogP contribution in [0.4, 0.5) is 5.69 Å². The number of carbonyl (C=O) groups is 1. The number of nitrogens with one attached hydrogen (secondary N) is 2. The zero-order chi connectivity index (χ0) is 12.5. The lowest BCUT2D eigenvalue weighted by molar-refractivity contribution is 0.0935. The van der Waals surface area contributed by atoms with Crippen LogP contribution in [0.2, 0.25) is 0 Å². The van der Waals surface area contributed by atoms with Crippen molar-refractivity contribution >= 4 is 24.0 Å². The van der Waals surface area contributed by atoms with Gasteiger partial charge in [-0.25, -0.2) is 0 Å². The van der Waals surface area contributed by atoms with Crippen LogP contribution in [0.25, 0.3) is 0 Å². The predicted molar refractivity (Wildman–Crippen MR) is 80.2 cm³/mol. The summed E-state index contributed by atoms with van der Waals surface area (Å²) in [6.07, 6.45) is 4.63. The number of benzene rings is 1. The highest BCUT2D eigenvalue weighted by Crippen LogP contribution is 2.32. The second-order valence-electron chi connectivity index (χ2n) is 5.46. The minimum atomic E-state index is 0. The maximum Gasteiger partial charge on any atom is 0.251 e. The van der Waals surface area contributed by atoms with E-state index in [1.165, 1.54) is 18.4 Å². The van der Waals surface area contributed by atoms with E-state index in [0.29, 0.717) is 12.0 Å². The molecule has 1 aliphatic carbocycles. The van der Waals surface area contributed by atoms with Gasteiger partial charge >= 0.3 is 0 Å². The molecule has 3 nitrogen and oxygen atoms in total. The first-order valence-corrected chi connectivity index (χ1v) is 6.92. The molecule has 1 heterocycles. The van der Waals surface area contributed by atoms with Crippen LogP contribution in [0.3, 0.4) is 0 Å². The topological polar surface area (TPSA) is 41.1 Å². The lowest BCUT2D eigenvalue weighted by atomic mass is 9.97. The van der Waals surface area contributed by atoms with Crippen LogP contribution < -0.4 is 10.6 Å². The third-order valence-corrected chi connectivity index (χ3v) is 4.03. The normalized spacial score (nSPS) is 18.6. The first-order chi connectivity index (χ1) is 8.75. The van der Waals surface area contributed by atoms with Gasteiger partial charge in [0, 0.05) is 23.8 Å². The van der Waals surface area contributed by atoms with Gasteiger partial charge in [0.15, 0.2) is 0 Å². The van der Waals surface area contributed by atoms with Gasteiger partial charge in [0.25, 0.3) is 5.91 Å². The van der Waals surface area contributed by atoms with Gasteiger partial charge in [-0.2, -0.15) is 0 Å². The minimum Gasteiger partial charge on any atom is -0.385 e. The number of halogens is 1. The Morgan fingerprint density at radius 1 is 1.42 bits per heavy atom. The second-order valence-corrected chi connectivity index (χ2v) is 5.46. The Morgan fingerprint density at radius 3 is 2.95 bits per heavy atom. The summed E-state index contributed by atoms with van der Waals surface area (Å²) in [6.45, 7) is 3.12. The number of hydrogen-bond acceptors (Lipinski definition) is 2. The fraction of sp³-hybridized carbons (Fsp3) is 0.533. The van der Waals surface area contributed by atoms with Crippen molar-refractivity contribution in [3.8, 4) is 0 Å². The highest BCUT2D eigenvalue weighted by atomic mass is 35.5. The van der Waals surface area contributed by atoms with Crippen molar-refractivity contribution in [2.45, 2.75) is 38.6 Å². The Hall–Kier alpha value is -1.22. The van der Waals surface area contributed by atoms with E-state index in [1.54, 1.807) is 0 Å². The largest absolute Gasteiger partial charge is 0.385 e. The number of rotatable bonds is 3.